The molecule has 0 aromatic heterocycles. The summed E-state index contributed by atoms with van der Waals surface area (Å²) in [4.78, 5) is 17.3. The summed E-state index contributed by atoms with van der Waals surface area (Å²) in [6, 6.07) is 25.6. The molecule has 0 spiro atoms. The average molecular weight is 450 g/mol. The summed E-state index contributed by atoms with van der Waals surface area (Å²) in [5.74, 6) is -0.197. The quantitative estimate of drug-likeness (QED) is 0.578. The van der Waals surface area contributed by atoms with Crippen LogP contribution in [0.15, 0.2) is 89.8 Å². The number of aryl methyl sites for hydroxylation is 1. The Morgan fingerprint density at radius 1 is 0.812 bits per heavy atom. The lowest BCUT2D eigenvalue weighted by Crippen LogP contribution is -2.52. The lowest BCUT2D eigenvalue weighted by Gasteiger charge is -2.37. The van der Waals surface area contributed by atoms with Gasteiger partial charge in [-0.15, -0.1) is 0 Å². The summed E-state index contributed by atoms with van der Waals surface area (Å²) in [6.07, 6.45) is 0. The Morgan fingerprint density at radius 2 is 1.38 bits per heavy atom. The summed E-state index contributed by atoms with van der Waals surface area (Å²) in [5.41, 5.74) is 2.58. The van der Waals surface area contributed by atoms with E-state index in [1.54, 1.807) is 53.4 Å². The van der Waals surface area contributed by atoms with Gasteiger partial charge in [-0.1, -0.05) is 54.1 Å². The van der Waals surface area contributed by atoms with Crippen molar-refractivity contribution in [2.75, 3.05) is 41.9 Å². The number of rotatable bonds is 6. The van der Waals surface area contributed by atoms with Gasteiger partial charge in [0.05, 0.1) is 10.6 Å². The van der Waals surface area contributed by atoms with Crippen LogP contribution in [0.1, 0.15) is 5.56 Å². The zero-order valence-electron chi connectivity index (χ0n) is 18.1. The van der Waals surface area contributed by atoms with Crippen molar-refractivity contribution in [3.05, 3.63) is 90.5 Å². The summed E-state index contributed by atoms with van der Waals surface area (Å²) in [6.45, 7) is 4.22. The summed E-state index contributed by atoms with van der Waals surface area (Å²) < 4.78 is 28.1. The lowest BCUT2D eigenvalue weighted by atomic mass is 10.2. The molecule has 4 rings (SSSR count). The van der Waals surface area contributed by atoms with Gasteiger partial charge in [0.15, 0.2) is 0 Å². The standard InChI is InChI=1S/C25H27N3O3S/c1-21-12-14-24(15-13-21)32(30,31)28(23-10-6-3-7-11-23)20-25(29)27-18-16-26(17-19-27)22-8-4-2-5-9-22/h2-15H,16-20H2,1H3. The number of piperazine rings is 1. The first-order valence-corrected chi connectivity index (χ1v) is 12.1. The fourth-order valence-electron chi connectivity index (χ4n) is 3.82. The number of benzene rings is 3. The predicted molar refractivity (Wildman–Crippen MR) is 127 cm³/mol. The van der Waals surface area contributed by atoms with Crippen molar-refractivity contribution in [2.24, 2.45) is 0 Å². The van der Waals surface area contributed by atoms with E-state index in [2.05, 4.69) is 17.0 Å². The Labute approximate surface area is 189 Å². The first-order chi connectivity index (χ1) is 15.4. The van der Waals surface area contributed by atoms with E-state index in [-0.39, 0.29) is 17.3 Å². The van der Waals surface area contributed by atoms with Gasteiger partial charge in [-0.25, -0.2) is 8.42 Å². The summed E-state index contributed by atoms with van der Waals surface area (Å²) >= 11 is 0. The second-order valence-corrected chi connectivity index (χ2v) is 9.73. The van der Waals surface area contributed by atoms with Gasteiger partial charge in [-0.05, 0) is 43.3 Å². The first kappa shape index (κ1) is 21.9. The zero-order chi connectivity index (χ0) is 22.6. The van der Waals surface area contributed by atoms with Gasteiger partial charge >= 0.3 is 0 Å². The molecule has 0 saturated carbocycles. The number of carbonyl (C=O) groups excluding carboxylic acids is 1. The fraction of sp³-hybridized carbons (Fsp3) is 0.240. The number of amides is 1. The highest BCUT2D eigenvalue weighted by atomic mass is 32.2. The smallest absolute Gasteiger partial charge is 0.264 e. The minimum absolute atomic E-state index is 0.175. The normalized spacial score (nSPS) is 14.3. The van der Waals surface area contributed by atoms with Crippen LogP contribution in [0, 0.1) is 6.92 Å². The molecular weight excluding hydrogens is 422 g/mol. The van der Waals surface area contributed by atoms with Crippen LogP contribution in [0.25, 0.3) is 0 Å². The number of hydrogen-bond acceptors (Lipinski definition) is 4. The third kappa shape index (κ3) is 4.78. The van der Waals surface area contributed by atoms with Crippen LogP contribution in [0.4, 0.5) is 11.4 Å². The largest absolute Gasteiger partial charge is 0.368 e. The molecule has 3 aromatic rings. The van der Waals surface area contributed by atoms with E-state index in [9.17, 15) is 13.2 Å². The number of hydrogen-bond donors (Lipinski definition) is 0. The Bertz CT molecular complexity index is 1140. The molecule has 1 heterocycles. The number of carbonyl (C=O) groups is 1. The molecule has 0 unspecified atom stereocenters. The molecule has 0 radical (unpaired) electrons. The van der Waals surface area contributed by atoms with Crippen LogP contribution in [0.2, 0.25) is 0 Å². The van der Waals surface area contributed by atoms with Crippen molar-refractivity contribution in [1.29, 1.82) is 0 Å². The van der Waals surface area contributed by atoms with Gasteiger partial charge in [0.25, 0.3) is 10.0 Å². The maximum absolute atomic E-state index is 13.4. The Kier molecular flexibility index (Phi) is 6.46. The van der Waals surface area contributed by atoms with Gasteiger partial charge in [0.1, 0.15) is 6.54 Å². The number of anilines is 2. The minimum atomic E-state index is -3.88. The Morgan fingerprint density at radius 3 is 1.97 bits per heavy atom. The molecule has 1 fully saturated rings. The molecule has 166 valence electrons. The van der Waals surface area contributed by atoms with Gasteiger partial charge < -0.3 is 9.80 Å². The molecule has 0 atom stereocenters. The third-order valence-electron chi connectivity index (χ3n) is 5.69. The van der Waals surface area contributed by atoms with Crippen molar-refractivity contribution in [3.8, 4) is 0 Å². The van der Waals surface area contributed by atoms with Crippen LogP contribution in [0.3, 0.4) is 0 Å². The maximum atomic E-state index is 13.4. The molecule has 0 N–H and O–H groups in total. The highest BCUT2D eigenvalue weighted by Gasteiger charge is 2.30. The average Bonchev–Trinajstić information content (AvgIpc) is 2.84. The SMILES string of the molecule is Cc1ccc(S(=O)(=O)N(CC(=O)N2CCN(c3ccccc3)CC2)c2ccccc2)cc1. The van der Waals surface area contributed by atoms with Crippen LogP contribution in [-0.4, -0.2) is 51.9 Å². The van der Waals surface area contributed by atoms with Crippen molar-refractivity contribution in [2.45, 2.75) is 11.8 Å². The minimum Gasteiger partial charge on any atom is -0.368 e. The second-order valence-electron chi connectivity index (χ2n) is 7.86. The molecule has 0 aliphatic carbocycles. The van der Waals surface area contributed by atoms with E-state index >= 15 is 0 Å². The van der Waals surface area contributed by atoms with Crippen molar-refractivity contribution >= 4 is 27.3 Å². The number of sulfonamides is 1. The van der Waals surface area contributed by atoms with E-state index in [0.717, 1.165) is 11.3 Å². The molecule has 1 aliphatic heterocycles. The van der Waals surface area contributed by atoms with Crippen LogP contribution < -0.4 is 9.21 Å². The number of para-hydroxylation sites is 2. The lowest BCUT2D eigenvalue weighted by molar-refractivity contribution is -0.129. The van der Waals surface area contributed by atoms with Crippen LogP contribution >= 0.6 is 0 Å². The maximum Gasteiger partial charge on any atom is 0.264 e. The van der Waals surface area contributed by atoms with Crippen molar-refractivity contribution < 1.29 is 13.2 Å². The number of nitrogens with zero attached hydrogens (tertiary/aromatic N) is 3. The Balaban J connectivity index is 1.52. The molecule has 3 aromatic carbocycles. The highest BCUT2D eigenvalue weighted by Crippen LogP contribution is 2.24. The van der Waals surface area contributed by atoms with Gasteiger partial charge in [-0.2, -0.15) is 0 Å². The first-order valence-electron chi connectivity index (χ1n) is 10.7. The van der Waals surface area contributed by atoms with E-state index in [0.29, 0.717) is 31.9 Å². The molecule has 7 heteroatoms. The van der Waals surface area contributed by atoms with Crippen LogP contribution in [0.5, 0.6) is 0 Å². The van der Waals surface area contributed by atoms with Crippen molar-refractivity contribution in [3.63, 3.8) is 0 Å². The topological polar surface area (TPSA) is 60.9 Å². The summed E-state index contributed by atoms with van der Waals surface area (Å²) in [5, 5.41) is 0. The molecule has 1 aliphatic rings. The van der Waals surface area contributed by atoms with Crippen LogP contribution in [-0.2, 0) is 14.8 Å². The zero-order valence-corrected chi connectivity index (χ0v) is 18.9. The monoisotopic (exact) mass is 449 g/mol. The second kappa shape index (κ2) is 9.44. The van der Waals surface area contributed by atoms with Gasteiger partial charge in [0, 0.05) is 31.9 Å². The van der Waals surface area contributed by atoms with E-state index in [4.69, 9.17) is 0 Å². The van der Waals surface area contributed by atoms with E-state index in [1.807, 2.05) is 31.2 Å². The molecule has 32 heavy (non-hydrogen) atoms. The molecule has 0 bridgehead atoms. The van der Waals surface area contributed by atoms with Gasteiger partial charge in [-0.3, -0.25) is 9.10 Å². The highest BCUT2D eigenvalue weighted by molar-refractivity contribution is 7.92. The Hall–Kier alpha value is -3.32. The third-order valence-corrected chi connectivity index (χ3v) is 7.47. The summed E-state index contributed by atoms with van der Waals surface area (Å²) in [7, 11) is -3.88. The molecule has 1 saturated heterocycles. The van der Waals surface area contributed by atoms with E-state index < -0.39 is 10.0 Å². The predicted octanol–water partition coefficient (Wildman–Crippen LogP) is 3.54. The molecular formula is C25H27N3O3S. The van der Waals surface area contributed by atoms with Crippen molar-refractivity contribution in [1.82, 2.24) is 4.90 Å². The molecule has 1 amide bonds. The fourth-order valence-corrected chi connectivity index (χ4v) is 5.24. The molecule has 6 nitrogen and oxygen atoms in total. The van der Waals surface area contributed by atoms with E-state index in [1.165, 1.54) is 4.31 Å². The van der Waals surface area contributed by atoms with Gasteiger partial charge in [0.2, 0.25) is 5.91 Å².